The maximum Gasteiger partial charge on any atom is 0.347 e. The molecule has 9 heteroatoms. The molecule has 1 aliphatic rings. The average molecular weight is 581 g/mol. The number of hydrogen-bond donors (Lipinski definition) is 1. The van der Waals surface area contributed by atoms with Gasteiger partial charge in [-0.05, 0) is 60.0 Å². The van der Waals surface area contributed by atoms with E-state index in [4.69, 9.17) is 29.4 Å². The quantitative estimate of drug-likeness (QED) is 0.164. The van der Waals surface area contributed by atoms with Crippen molar-refractivity contribution in [3.63, 3.8) is 0 Å². The molecule has 1 unspecified atom stereocenters. The minimum atomic E-state index is -0.582. The van der Waals surface area contributed by atoms with Crippen LogP contribution in [-0.2, 0) is 6.61 Å². The molecule has 0 saturated heterocycles. The molecule has 4 aromatic rings. The summed E-state index contributed by atoms with van der Waals surface area (Å²) in [6, 6.07) is 25.3. The van der Waals surface area contributed by atoms with E-state index in [-0.39, 0.29) is 29.6 Å². The Morgan fingerprint density at radius 1 is 0.977 bits per heavy atom. The number of carbonyl (C=O) groups excluding carboxylic acids is 1. The van der Waals surface area contributed by atoms with Gasteiger partial charge in [0.15, 0.2) is 11.5 Å². The van der Waals surface area contributed by atoms with Crippen LogP contribution in [0.3, 0.4) is 0 Å². The largest absolute Gasteiger partial charge is 0.493 e. The molecule has 0 aromatic heterocycles. The van der Waals surface area contributed by atoms with Crippen LogP contribution in [-0.4, -0.2) is 19.7 Å². The first kappa shape index (κ1) is 29.0. The zero-order chi connectivity index (χ0) is 30.3. The maximum atomic E-state index is 13.3. The second kappa shape index (κ2) is 13.0. The second-order valence-electron chi connectivity index (χ2n) is 9.68. The molecule has 0 fully saturated rings. The molecule has 1 heterocycles. The van der Waals surface area contributed by atoms with Crippen molar-refractivity contribution in [1.82, 2.24) is 0 Å². The highest BCUT2D eigenvalue weighted by Crippen LogP contribution is 2.45. The zero-order valence-corrected chi connectivity index (χ0v) is 23.6. The number of carbonyl (C=O) groups is 1. The van der Waals surface area contributed by atoms with E-state index in [1.807, 2.05) is 13.0 Å². The lowest BCUT2D eigenvalue weighted by atomic mass is 9.83. The molecule has 0 aliphatic carbocycles. The maximum absolute atomic E-state index is 13.3. The van der Waals surface area contributed by atoms with Gasteiger partial charge in [-0.15, -0.1) is 0 Å². The summed E-state index contributed by atoms with van der Waals surface area (Å²) in [6.07, 6.45) is 0.796. The Labute approximate surface area is 248 Å². The summed E-state index contributed by atoms with van der Waals surface area (Å²) < 4.78 is 41.9. The number of ether oxygens (including phenoxy) is 5. The van der Waals surface area contributed by atoms with Crippen molar-refractivity contribution in [2.75, 3.05) is 13.7 Å². The number of allylic oxidation sites excluding steroid dienone is 1. The van der Waals surface area contributed by atoms with Gasteiger partial charge in [-0.25, -0.2) is 9.18 Å². The predicted octanol–water partition coefficient (Wildman–Crippen LogP) is 6.64. The van der Waals surface area contributed by atoms with Gasteiger partial charge in [-0.2, -0.15) is 5.26 Å². The summed E-state index contributed by atoms with van der Waals surface area (Å²) >= 11 is 0. The first-order valence-corrected chi connectivity index (χ1v) is 13.6. The Morgan fingerprint density at radius 3 is 2.51 bits per heavy atom. The highest BCUT2D eigenvalue weighted by Gasteiger charge is 2.32. The van der Waals surface area contributed by atoms with Crippen LogP contribution in [0.25, 0.3) is 0 Å². The van der Waals surface area contributed by atoms with Gasteiger partial charge in [0.1, 0.15) is 46.9 Å². The number of halogens is 1. The average Bonchev–Trinajstić information content (AvgIpc) is 3.02. The van der Waals surface area contributed by atoms with Gasteiger partial charge in [0, 0.05) is 11.6 Å². The number of esters is 1. The van der Waals surface area contributed by atoms with Crippen LogP contribution in [0.4, 0.5) is 4.39 Å². The number of para-hydroxylation sites is 1. The lowest BCUT2D eigenvalue weighted by Gasteiger charge is -2.27. The molecule has 2 N–H and O–H groups in total. The van der Waals surface area contributed by atoms with Crippen molar-refractivity contribution in [2.24, 2.45) is 5.73 Å². The minimum absolute atomic E-state index is 0.0580. The summed E-state index contributed by atoms with van der Waals surface area (Å²) in [5, 5.41) is 9.99. The van der Waals surface area contributed by atoms with E-state index in [1.54, 1.807) is 66.7 Å². The third-order valence-electron chi connectivity index (χ3n) is 6.80. The fourth-order valence-corrected chi connectivity index (χ4v) is 4.70. The van der Waals surface area contributed by atoms with Gasteiger partial charge in [0.25, 0.3) is 0 Å². The molecular formula is C34H29FN2O6. The molecule has 0 spiro atoms. The standard InChI is InChI=1S/C34H29FN2O6/c1-3-16-40-28-7-5-4-6-26(28)34(38)42-24-13-14-25-30(18-24)43-33(37)27(19-36)32(25)22-10-15-29(31(17-22)39-2)41-20-21-8-11-23(35)12-9-21/h4-15,17-18,32H,3,16,20,37H2,1-2H3. The number of rotatable bonds is 10. The van der Waals surface area contributed by atoms with Crippen LogP contribution >= 0.6 is 0 Å². The number of benzene rings is 4. The van der Waals surface area contributed by atoms with Crippen LogP contribution in [0.15, 0.2) is 96.4 Å². The van der Waals surface area contributed by atoms with E-state index < -0.39 is 11.9 Å². The van der Waals surface area contributed by atoms with E-state index in [0.717, 1.165) is 12.0 Å². The summed E-state index contributed by atoms with van der Waals surface area (Å²) in [4.78, 5) is 13.0. The summed E-state index contributed by atoms with van der Waals surface area (Å²) in [7, 11) is 1.52. The van der Waals surface area contributed by atoms with Crippen LogP contribution in [0.5, 0.6) is 28.7 Å². The topological polar surface area (TPSA) is 113 Å². The minimum Gasteiger partial charge on any atom is -0.493 e. The Hall–Kier alpha value is -5.49. The fourth-order valence-electron chi connectivity index (χ4n) is 4.70. The first-order valence-electron chi connectivity index (χ1n) is 13.6. The Bertz CT molecular complexity index is 1710. The van der Waals surface area contributed by atoms with E-state index >= 15 is 0 Å². The van der Waals surface area contributed by atoms with Crippen molar-refractivity contribution in [3.8, 4) is 34.8 Å². The third-order valence-corrected chi connectivity index (χ3v) is 6.80. The molecule has 1 aliphatic heterocycles. The number of nitrogens with zero attached hydrogens (tertiary/aromatic N) is 1. The molecule has 0 amide bonds. The van der Waals surface area contributed by atoms with Crippen LogP contribution < -0.4 is 29.4 Å². The number of hydrogen-bond acceptors (Lipinski definition) is 8. The molecule has 0 radical (unpaired) electrons. The van der Waals surface area contributed by atoms with Gasteiger partial charge in [-0.3, -0.25) is 0 Å². The Balaban J connectivity index is 1.41. The summed E-state index contributed by atoms with van der Waals surface area (Å²) in [5.74, 6) is 0.396. The van der Waals surface area contributed by atoms with Crippen molar-refractivity contribution in [3.05, 3.63) is 124 Å². The van der Waals surface area contributed by atoms with Crippen LogP contribution in [0.2, 0.25) is 0 Å². The smallest absolute Gasteiger partial charge is 0.347 e. The molecule has 0 saturated carbocycles. The highest BCUT2D eigenvalue weighted by molar-refractivity contribution is 5.94. The Morgan fingerprint density at radius 2 is 1.77 bits per heavy atom. The molecule has 8 nitrogen and oxygen atoms in total. The molecule has 0 bridgehead atoms. The van der Waals surface area contributed by atoms with Gasteiger partial charge in [0.05, 0.1) is 19.6 Å². The van der Waals surface area contributed by atoms with Gasteiger partial charge < -0.3 is 29.4 Å². The van der Waals surface area contributed by atoms with E-state index in [1.165, 1.54) is 19.2 Å². The number of fused-ring (bicyclic) bond motifs is 1. The summed E-state index contributed by atoms with van der Waals surface area (Å²) in [6.45, 7) is 2.66. The number of methoxy groups -OCH3 is 1. The normalized spacial score (nSPS) is 13.8. The highest BCUT2D eigenvalue weighted by atomic mass is 19.1. The first-order chi connectivity index (χ1) is 20.9. The van der Waals surface area contributed by atoms with Gasteiger partial charge in [0.2, 0.25) is 5.88 Å². The van der Waals surface area contributed by atoms with Gasteiger partial charge >= 0.3 is 5.97 Å². The van der Waals surface area contributed by atoms with E-state index in [9.17, 15) is 14.4 Å². The zero-order valence-electron chi connectivity index (χ0n) is 23.6. The molecule has 4 aromatic carbocycles. The summed E-state index contributed by atoms with van der Waals surface area (Å²) in [5.41, 5.74) is 8.87. The SMILES string of the molecule is CCCOc1ccccc1C(=O)Oc1ccc2c(c1)OC(N)=C(C#N)C2c1ccc(OCc2ccc(F)cc2)c(OC)c1. The lowest BCUT2D eigenvalue weighted by Crippen LogP contribution is -2.21. The number of nitrogens with two attached hydrogens (primary N) is 1. The molecule has 1 atom stereocenters. The van der Waals surface area contributed by atoms with Crippen molar-refractivity contribution in [1.29, 1.82) is 5.26 Å². The Kier molecular flexibility index (Phi) is 8.77. The second-order valence-corrected chi connectivity index (χ2v) is 9.68. The van der Waals surface area contributed by atoms with Crippen LogP contribution in [0, 0.1) is 17.1 Å². The van der Waals surface area contributed by atoms with E-state index in [0.29, 0.717) is 46.3 Å². The van der Waals surface area contributed by atoms with Crippen molar-refractivity contribution in [2.45, 2.75) is 25.9 Å². The third kappa shape index (κ3) is 6.39. The molecular weight excluding hydrogens is 551 g/mol. The van der Waals surface area contributed by atoms with Gasteiger partial charge in [-0.1, -0.05) is 43.3 Å². The number of nitriles is 1. The van der Waals surface area contributed by atoms with Crippen molar-refractivity contribution < 1.29 is 32.9 Å². The van der Waals surface area contributed by atoms with E-state index in [2.05, 4.69) is 6.07 Å². The monoisotopic (exact) mass is 580 g/mol. The molecule has 5 rings (SSSR count). The fraction of sp³-hybridized carbons (Fsp3) is 0.176. The molecule has 43 heavy (non-hydrogen) atoms. The molecule has 218 valence electrons. The lowest BCUT2D eigenvalue weighted by molar-refractivity contribution is 0.0730. The van der Waals surface area contributed by atoms with Crippen molar-refractivity contribution >= 4 is 5.97 Å². The predicted molar refractivity (Wildman–Crippen MR) is 157 cm³/mol. The van der Waals surface area contributed by atoms with Crippen LogP contribution in [0.1, 0.15) is 46.3 Å².